The maximum atomic E-state index is 13.1. The first-order valence-corrected chi connectivity index (χ1v) is 7.03. The van der Waals surface area contributed by atoms with E-state index in [1.807, 2.05) is 0 Å². The van der Waals surface area contributed by atoms with E-state index < -0.39 is 11.7 Å². The fourth-order valence-electron chi connectivity index (χ4n) is 2.85. The van der Waals surface area contributed by atoms with Gasteiger partial charge in [-0.2, -0.15) is 18.4 Å². The summed E-state index contributed by atoms with van der Waals surface area (Å²) >= 11 is 0. The van der Waals surface area contributed by atoms with Crippen molar-refractivity contribution in [2.45, 2.75) is 37.9 Å². The number of alkyl halides is 3. The van der Waals surface area contributed by atoms with Gasteiger partial charge in [-0.3, -0.25) is 0 Å². The molecule has 1 fully saturated rings. The fourth-order valence-corrected chi connectivity index (χ4v) is 2.85. The summed E-state index contributed by atoms with van der Waals surface area (Å²) in [4.78, 5) is 0. The van der Waals surface area contributed by atoms with Crippen LogP contribution in [0.2, 0.25) is 0 Å². The van der Waals surface area contributed by atoms with E-state index in [1.165, 1.54) is 12.1 Å². The maximum Gasteiger partial charge on any atom is 0.418 e. The van der Waals surface area contributed by atoms with Crippen LogP contribution in [0.1, 0.15) is 36.8 Å². The summed E-state index contributed by atoms with van der Waals surface area (Å²) in [6.07, 6.45) is -0.668. The van der Waals surface area contributed by atoms with Crippen LogP contribution in [-0.2, 0) is 6.18 Å². The largest absolute Gasteiger partial charge is 0.418 e. The predicted octanol–water partition coefficient (Wildman–Crippen LogP) is 3.51. The van der Waals surface area contributed by atoms with Gasteiger partial charge in [0.15, 0.2) is 0 Å². The lowest BCUT2D eigenvalue weighted by Crippen LogP contribution is -2.37. The fraction of sp³-hybridized carbons (Fsp3) is 0.533. The summed E-state index contributed by atoms with van der Waals surface area (Å²) < 4.78 is 39.4. The Kier molecular flexibility index (Phi) is 4.73. The van der Waals surface area contributed by atoms with Crippen molar-refractivity contribution >= 4 is 5.69 Å². The Labute approximate surface area is 121 Å². The van der Waals surface area contributed by atoms with E-state index in [0.717, 1.165) is 31.7 Å². The number of nitriles is 1. The predicted molar refractivity (Wildman–Crippen MR) is 74.6 cm³/mol. The van der Waals surface area contributed by atoms with E-state index >= 15 is 0 Å². The average molecular weight is 297 g/mol. The van der Waals surface area contributed by atoms with Gasteiger partial charge in [0.05, 0.1) is 17.2 Å². The molecule has 1 aromatic carbocycles. The molecule has 1 aliphatic rings. The highest BCUT2D eigenvalue weighted by molar-refractivity contribution is 5.56. The lowest BCUT2D eigenvalue weighted by atomic mass is 9.84. The number of hydrogen-bond acceptors (Lipinski definition) is 3. The molecule has 0 bridgehead atoms. The van der Waals surface area contributed by atoms with E-state index in [0.29, 0.717) is 6.54 Å². The van der Waals surface area contributed by atoms with Crippen molar-refractivity contribution < 1.29 is 13.2 Å². The molecular formula is C15H18F3N3. The summed E-state index contributed by atoms with van der Waals surface area (Å²) in [6, 6.07) is 5.33. The topological polar surface area (TPSA) is 61.8 Å². The maximum absolute atomic E-state index is 13.1. The Morgan fingerprint density at radius 2 is 2.00 bits per heavy atom. The number of anilines is 1. The molecule has 3 nitrogen and oxygen atoms in total. The normalized spacial score (nSPS) is 22.6. The van der Waals surface area contributed by atoms with Gasteiger partial charge in [0.1, 0.15) is 0 Å². The standard InChI is InChI=1S/C15H18F3N3/c16-15(17,18)12-7-10(8-19)5-6-14(12)21-13-4-2-1-3-11(13)9-20/h5-7,11,13,21H,1-4,9,20H2. The molecular weight excluding hydrogens is 279 g/mol. The molecule has 6 heteroatoms. The van der Waals surface area contributed by atoms with Gasteiger partial charge in [0, 0.05) is 11.7 Å². The lowest BCUT2D eigenvalue weighted by Gasteiger charge is -2.33. The van der Waals surface area contributed by atoms with Crippen LogP contribution < -0.4 is 11.1 Å². The third-order valence-corrected chi connectivity index (χ3v) is 4.01. The highest BCUT2D eigenvalue weighted by atomic mass is 19.4. The highest BCUT2D eigenvalue weighted by Crippen LogP contribution is 2.37. The van der Waals surface area contributed by atoms with E-state index in [9.17, 15) is 13.2 Å². The van der Waals surface area contributed by atoms with Crippen LogP contribution in [0.3, 0.4) is 0 Å². The molecule has 0 heterocycles. The number of benzene rings is 1. The Hall–Kier alpha value is -1.74. The first kappa shape index (κ1) is 15.6. The van der Waals surface area contributed by atoms with Crippen LogP contribution in [0.4, 0.5) is 18.9 Å². The van der Waals surface area contributed by atoms with Gasteiger partial charge < -0.3 is 11.1 Å². The van der Waals surface area contributed by atoms with Crippen LogP contribution in [0.15, 0.2) is 18.2 Å². The van der Waals surface area contributed by atoms with Crippen molar-refractivity contribution in [1.29, 1.82) is 5.26 Å². The summed E-state index contributed by atoms with van der Waals surface area (Å²) in [5.41, 5.74) is 4.96. The van der Waals surface area contributed by atoms with Gasteiger partial charge in [0.25, 0.3) is 0 Å². The van der Waals surface area contributed by atoms with Gasteiger partial charge >= 0.3 is 6.18 Å². The van der Waals surface area contributed by atoms with Gasteiger partial charge in [-0.05, 0) is 43.5 Å². The number of halogens is 3. The van der Waals surface area contributed by atoms with Crippen molar-refractivity contribution in [3.63, 3.8) is 0 Å². The zero-order chi connectivity index (χ0) is 15.5. The lowest BCUT2D eigenvalue weighted by molar-refractivity contribution is -0.137. The first-order chi connectivity index (χ1) is 9.95. The second-order valence-electron chi connectivity index (χ2n) is 5.40. The molecule has 1 aromatic rings. The van der Waals surface area contributed by atoms with Crippen LogP contribution in [0, 0.1) is 17.2 Å². The van der Waals surface area contributed by atoms with Gasteiger partial charge in [0.2, 0.25) is 0 Å². The van der Waals surface area contributed by atoms with Crippen LogP contribution in [0.25, 0.3) is 0 Å². The molecule has 0 aromatic heterocycles. The SMILES string of the molecule is N#Cc1ccc(NC2CCCCC2CN)c(C(F)(F)F)c1. The smallest absolute Gasteiger partial charge is 0.381 e. The summed E-state index contributed by atoms with van der Waals surface area (Å²) in [5.74, 6) is 0.190. The van der Waals surface area contributed by atoms with Gasteiger partial charge in [-0.25, -0.2) is 0 Å². The minimum Gasteiger partial charge on any atom is -0.381 e. The molecule has 3 N–H and O–H groups in total. The second-order valence-corrected chi connectivity index (χ2v) is 5.40. The number of nitrogens with one attached hydrogen (secondary N) is 1. The zero-order valence-electron chi connectivity index (χ0n) is 11.6. The Balaban J connectivity index is 2.29. The van der Waals surface area contributed by atoms with Gasteiger partial charge in [-0.1, -0.05) is 12.8 Å². The molecule has 21 heavy (non-hydrogen) atoms. The van der Waals surface area contributed by atoms with Crippen LogP contribution >= 0.6 is 0 Å². The summed E-state index contributed by atoms with van der Waals surface area (Å²) in [7, 11) is 0. The third kappa shape index (κ3) is 3.67. The van der Waals surface area contributed by atoms with Crippen LogP contribution in [-0.4, -0.2) is 12.6 Å². The molecule has 1 saturated carbocycles. The first-order valence-electron chi connectivity index (χ1n) is 7.03. The number of nitrogens with two attached hydrogens (primary N) is 1. The third-order valence-electron chi connectivity index (χ3n) is 4.01. The van der Waals surface area contributed by atoms with Crippen molar-refractivity contribution in [1.82, 2.24) is 0 Å². The molecule has 2 atom stereocenters. The monoisotopic (exact) mass is 297 g/mol. The average Bonchev–Trinajstić information content (AvgIpc) is 2.47. The summed E-state index contributed by atoms with van der Waals surface area (Å²) in [6.45, 7) is 0.468. The van der Waals surface area contributed by atoms with E-state index in [-0.39, 0.29) is 23.2 Å². The molecule has 0 spiro atoms. The number of hydrogen-bond donors (Lipinski definition) is 2. The summed E-state index contributed by atoms with van der Waals surface area (Å²) in [5, 5.41) is 11.8. The molecule has 1 aliphatic carbocycles. The van der Waals surface area contributed by atoms with E-state index in [4.69, 9.17) is 11.0 Å². The van der Waals surface area contributed by atoms with Gasteiger partial charge in [-0.15, -0.1) is 0 Å². The molecule has 0 radical (unpaired) electrons. The van der Waals surface area contributed by atoms with Crippen molar-refractivity contribution in [3.05, 3.63) is 29.3 Å². The number of nitrogens with zero attached hydrogens (tertiary/aromatic N) is 1. The molecule has 0 aliphatic heterocycles. The minimum absolute atomic E-state index is 0.00638. The number of rotatable bonds is 3. The molecule has 2 rings (SSSR count). The zero-order valence-corrected chi connectivity index (χ0v) is 11.6. The Morgan fingerprint density at radius 3 is 2.62 bits per heavy atom. The molecule has 114 valence electrons. The van der Waals surface area contributed by atoms with E-state index in [1.54, 1.807) is 6.07 Å². The van der Waals surface area contributed by atoms with Crippen molar-refractivity contribution in [2.75, 3.05) is 11.9 Å². The molecule has 0 saturated heterocycles. The van der Waals surface area contributed by atoms with Crippen LogP contribution in [0.5, 0.6) is 0 Å². The van der Waals surface area contributed by atoms with Crippen molar-refractivity contribution in [2.24, 2.45) is 11.7 Å². The van der Waals surface area contributed by atoms with Crippen molar-refractivity contribution in [3.8, 4) is 6.07 Å². The minimum atomic E-state index is -4.48. The Bertz CT molecular complexity index is 534. The quantitative estimate of drug-likeness (QED) is 0.897. The second kappa shape index (κ2) is 6.35. The molecule has 2 unspecified atom stereocenters. The highest BCUT2D eigenvalue weighted by Gasteiger charge is 2.35. The molecule has 0 amide bonds. The van der Waals surface area contributed by atoms with E-state index in [2.05, 4.69) is 5.32 Å². The Morgan fingerprint density at radius 1 is 1.29 bits per heavy atom.